The number of aliphatic carboxylic acids is 2. The number of carbonyl (C=O) groups excluding carboxylic acids is 2. The summed E-state index contributed by atoms with van der Waals surface area (Å²) in [6.45, 7) is 0.693. The molecule has 0 heterocycles. The van der Waals surface area contributed by atoms with Crippen LogP contribution in [0, 0.1) is 0 Å². The molecular formula is C62H58Mn2N4Ni2O14. The number of hydrogen-bond acceptors (Lipinski definition) is 18. The summed E-state index contributed by atoms with van der Waals surface area (Å²) < 4.78 is 0. The molecule has 444 valence electrons. The van der Waals surface area contributed by atoms with Gasteiger partial charge in [-0.3, -0.25) is 20.0 Å². The zero-order chi connectivity index (χ0) is 59.5. The van der Waals surface area contributed by atoms with Gasteiger partial charge in [0, 0.05) is 51.0 Å². The number of rotatable bonds is 12. The number of para-hydroxylation sites is 8. The molecule has 84 heavy (non-hydrogen) atoms. The summed E-state index contributed by atoms with van der Waals surface area (Å²) in [6.07, 6.45) is 5.99. The average molecular weight is 1310 g/mol. The first-order valence-electron chi connectivity index (χ1n) is 23.8. The van der Waals surface area contributed by atoms with Gasteiger partial charge >= 0.3 is 67.1 Å². The van der Waals surface area contributed by atoms with E-state index in [2.05, 4.69) is 20.0 Å². The van der Waals surface area contributed by atoms with E-state index in [1.807, 2.05) is 24.3 Å². The standard InChI is InChI=1S/4C14H12NO2.2C2H4O2.2CH4O.2Mn.2Ni/c4*16-10-12-6-1-3-7-13(12)15-9-11-5-2-4-8-14(11)17;2*1-2(3)4;2*1-2;;;;/h4*1-9,17H,10H2;2*1H3,(H,3,4);2*2H,1H3;;;;/q4*-1;;;;;+2;+3;+2;+3/p-6. The van der Waals surface area contributed by atoms with E-state index >= 15 is 0 Å². The second-order valence-corrected chi connectivity index (χ2v) is 15.3. The van der Waals surface area contributed by atoms with E-state index in [0.717, 1.165) is 28.1 Å². The largest absolute Gasteiger partial charge is 3.00 e. The second kappa shape index (κ2) is 51.0. The molecule has 8 aromatic rings. The Bertz CT molecular complexity index is 2770. The van der Waals surface area contributed by atoms with Gasteiger partial charge in [-0.05, 0) is 82.6 Å². The minimum absolute atomic E-state index is 0. The monoisotopic (exact) mass is 1310 g/mol. The van der Waals surface area contributed by atoms with Gasteiger partial charge in [0.05, 0.1) is 22.7 Å². The number of benzene rings is 8. The molecule has 0 saturated carbocycles. The van der Waals surface area contributed by atoms with Crippen LogP contribution in [-0.2, 0) is 103 Å². The van der Waals surface area contributed by atoms with Gasteiger partial charge < -0.3 is 70.9 Å². The van der Waals surface area contributed by atoms with Crippen molar-refractivity contribution in [2.75, 3.05) is 14.2 Å². The Hall–Kier alpha value is -7.63. The maximum Gasteiger partial charge on any atom is 3.00 e. The first kappa shape index (κ1) is 82.8. The number of nitrogens with zero attached hydrogens (tertiary/aromatic N) is 4. The molecule has 2 N–H and O–H groups in total. The summed E-state index contributed by atoms with van der Waals surface area (Å²) in [5.74, 6) is -2.46. The van der Waals surface area contributed by atoms with Crippen LogP contribution in [0.5, 0.6) is 23.0 Å². The summed E-state index contributed by atoms with van der Waals surface area (Å²) in [5, 5.41) is 121. The summed E-state index contributed by atoms with van der Waals surface area (Å²) in [7, 11) is 2.00. The maximum absolute atomic E-state index is 11.4. The summed E-state index contributed by atoms with van der Waals surface area (Å²) in [6, 6.07) is 55.1. The van der Waals surface area contributed by atoms with Crippen molar-refractivity contribution in [2.24, 2.45) is 20.0 Å². The second-order valence-electron chi connectivity index (χ2n) is 15.3. The molecule has 22 heteroatoms. The molecule has 0 amide bonds. The summed E-state index contributed by atoms with van der Waals surface area (Å²) in [5.41, 5.74) is 7.08. The van der Waals surface area contributed by atoms with Crippen LogP contribution in [0.2, 0.25) is 0 Å². The number of hydrogen-bond donors (Lipinski definition) is 2. The normalized spacial score (nSPS) is 9.55. The molecule has 0 unspecified atom stereocenters. The van der Waals surface area contributed by atoms with Crippen molar-refractivity contribution in [1.29, 1.82) is 0 Å². The van der Waals surface area contributed by atoms with Gasteiger partial charge in [-0.25, -0.2) is 0 Å². The van der Waals surface area contributed by atoms with Gasteiger partial charge in [0.25, 0.3) is 0 Å². The van der Waals surface area contributed by atoms with E-state index in [9.17, 15) is 40.9 Å². The predicted molar refractivity (Wildman–Crippen MR) is 291 cm³/mol. The number of carboxylic acid groups (broad SMARTS) is 2. The SMILES string of the molecule is CC(=O)[O-].CC(=O)[O-].CO.CO.[Mn+2].[Mn+3].[Ni+2].[Ni+3].[O-]Cc1ccccc1N=Cc1ccccc1[O-].[O-]Cc1ccccc1N=Cc1ccccc1[O-].[O-]Cc1ccccc1N=Cc1ccccc1[O-].[O-]Cc1ccccc1N=Cc1ccccc1[O-]. The average Bonchev–Trinajstić information content (AvgIpc) is 3.48. The number of carbonyl (C=O) groups is 2. The quantitative estimate of drug-likeness (QED) is 0.131. The van der Waals surface area contributed by atoms with Crippen LogP contribution in [0.15, 0.2) is 214 Å². The Morgan fingerprint density at radius 3 is 0.655 bits per heavy atom. The minimum atomic E-state index is -1.08. The van der Waals surface area contributed by atoms with E-state index in [1.165, 1.54) is 49.1 Å². The fourth-order valence-electron chi connectivity index (χ4n) is 5.94. The van der Waals surface area contributed by atoms with E-state index < -0.39 is 11.9 Å². The van der Waals surface area contributed by atoms with Crippen molar-refractivity contribution in [3.63, 3.8) is 0 Å². The van der Waals surface area contributed by atoms with Crippen molar-refractivity contribution >= 4 is 59.5 Å². The maximum atomic E-state index is 11.4. The molecule has 0 aliphatic rings. The number of aliphatic hydroxyl groups is 2. The fourth-order valence-corrected chi connectivity index (χ4v) is 5.94. The minimum Gasteiger partial charge on any atom is -0.872 e. The van der Waals surface area contributed by atoms with Crippen molar-refractivity contribution in [2.45, 2.75) is 40.3 Å². The van der Waals surface area contributed by atoms with Crippen molar-refractivity contribution in [3.8, 4) is 23.0 Å². The van der Waals surface area contributed by atoms with Gasteiger partial charge in [0.1, 0.15) is 0 Å². The molecule has 2 radical (unpaired) electrons. The molecule has 0 saturated heterocycles. The van der Waals surface area contributed by atoms with E-state index in [1.54, 1.807) is 146 Å². The molecule has 0 bridgehead atoms. The summed E-state index contributed by atoms with van der Waals surface area (Å²) >= 11 is 0. The molecule has 18 nitrogen and oxygen atoms in total. The fraction of sp³-hybridized carbons (Fsp3) is 0.129. The third-order valence-corrected chi connectivity index (χ3v) is 9.64. The molecule has 8 aromatic carbocycles. The van der Waals surface area contributed by atoms with Gasteiger partial charge in [-0.2, -0.15) is 0 Å². The van der Waals surface area contributed by atoms with Crippen LogP contribution in [0.4, 0.5) is 22.7 Å². The zero-order valence-corrected chi connectivity index (χ0v) is 49.9. The van der Waals surface area contributed by atoms with Crippen molar-refractivity contribution in [1.82, 2.24) is 0 Å². The van der Waals surface area contributed by atoms with Gasteiger partial charge in [-0.1, -0.05) is 170 Å². The number of aliphatic imine (C=N–C) groups is 4. The van der Waals surface area contributed by atoms with E-state index in [0.29, 0.717) is 67.3 Å². The van der Waals surface area contributed by atoms with Gasteiger partial charge in [-0.15, -0.1) is 49.4 Å². The van der Waals surface area contributed by atoms with Crippen LogP contribution in [0.3, 0.4) is 0 Å². The molecule has 8 rings (SSSR count). The van der Waals surface area contributed by atoms with Crippen LogP contribution >= 0.6 is 0 Å². The number of carboxylic acids is 2. The van der Waals surface area contributed by atoms with Crippen molar-refractivity contribution in [3.05, 3.63) is 239 Å². The molecule has 0 aromatic heterocycles. The van der Waals surface area contributed by atoms with Crippen LogP contribution in [0.1, 0.15) is 58.4 Å². The van der Waals surface area contributed by atoms with Gasteiger partial charge in [0.2, 0.25) is 0 Å². The van der Waals surface area contributed by atoms with E-state index in [-0.39, 0.29) is 117 Å². The van der Waals surface area contributed by atoms with E-state index in [4.69, 9.17) is 30.0 Å². The smallest absolute Gasteiger partial charge is 0.872 e. The molecule has 0 fully saturated rings. The Kier molecular flexibility index (Phi) is 50.3. The Labute approximate surface area is 530 Å². The van der Waals surface area contributed by atoms with Crippen molar-refractivity contribution < 1.29 is 138 Å². The Morgan fingerprint density at radius 2 is 0.500 bits per heavy atom. The predicted octanol–water partition coefficient (Wildman–Crippen LogP) is 2.20. The Balaban J connectivity index is -0.000000470. The van der Waals surface area contributed by atoms with Crippen LogP contribution in [0.25, 0.3) is 0 Å². The topological polar surface area (TPSA) is 355 Å². The zero-order valence-electron chi connectivity index (χ0n) is 45.6. The van der Waals surface area contributed by atoms with Crippen LogP contribution in [-0.4, -0.2) is 61.2 Å². The van der Waals surface area contributed by atoms with Gasteiger partial charge in [0.15, 0.2) is 0 Å². The molecule has 0 aliphatic heterocycles. The Morgan fingerprint density at radius 1 is 0.357 bits per heavy atom. The molecule has 0 spiro atoms. The first-order chi connectivity index (χ1) is 38.7. The third-order valence-electron chi connectivity index (χ3n) is 9.64. The molecular weight excluding hydrogens is 1250 g/mol. The molecule has 0 aliphatic carbocycles. The molecule has 0 atom stereocenters. The van der Waals surface area contributed by atoms with Crippen LogP contribution < -0.4 is 51.1 Å². The third kappa shape index (κ3) is 34.1. The number of aliphatic hydroxyl groups excluding tert-OH is 2. The first-order valence-corrected chi connectivity index (χ1v) is 23.8. The summed E-state index contributed by atoms with van der Waals surface area (Å²) in [4.78, 5) is 34.5.